The summed E-state index contributed by atoms with van der Waals surface area (Å²) in [6.45, 7) is 9.07. The number of nitrogens with zero attached hydrogens (tertiary/aromatic N) is 7. The number of fused-ring (bicyclic) bond motifs is 4. The zero-order valence-electron chi connectivity index (χ0n) is 27.7. The Kier molecular flexibility index (Phi) is 8.43. The fourth-order valence-electron chi connectivity index (χ4n) is 7.14. The normalized spacial score (nSPS) is 19.0. The third-order valence-corrected chi connectivity index (χ3v) is 10.6. The van der Waals surface area contributed by atoms with E-state index in [1.807, 2.05) is 0 Å². The van der Waals surface area contributed by atoms with Crippen LogP contribution in [0.15, 0.2) is 12.4 Å². The molecule has 11 nitrogen and oxygen atoms in total. The first kappa shape index (κ1) is 32.5. The van der Waals surface area contributed by atoms with E-state index in [1.165, 1.54) is 0 Å². The summed E-state index contributed by atoms with van der Waals surface area (Å²) in [5.41, 5.74) is 0.767. The first-order valence-electron chi connectivity index (χ1n) is 16.2. The summed E-state index contributed by atoms with van der Waals surface area (Å²) in [4.78, 5) is 33.4. The maximum absolute atomic E-state index is 16.9. The van der Waals surface area contributed by atoms with Gasteiger partial charge in [-0.2, -0.15) is 5.26 Å². The first-order chi connectivity index (χ1) is 22.9. The van der Waals surface area contributed by atoms with Crippen molar-refractivity contribution in [2.45, 2.75) is 70.9 Å². The minimum atomic E-state index is -0.793. The van der Waals surface area contributed by atoms with Crippen LogP contribution in [-0.2, 0) is 22.7 Å². The molecule has 0 spiro atoms. The zero-order valence-corrected chi connectivity index (χ0v) is 28.5. The number of halogens is 2. The van der Waals surface area contributed by atoms with Gasteiger partial charge in [0.1, 0.15) is 22.2 Å². The predicted molar refractivity (Wildman–Crippen MR) is 180 cm³/mol. The number of carbonyl (C=O) groups excluding carboxylic acids is 1. The quantitative estimate of drug-likeness (QED) is 0.268. The predicted octanol–water partition coefficient (Wildman–Crippen LogP) is 6.04. The number of piperidine rings is 1. The molecule has 252 valence electrons. The number of thiophene rings is 1. The van der Waals surface area contributed by atoms with Crippen molar-refractivity contribution in [3.05, 3.63) is 40.7 Å². The van der Waals surface area contributed by atoms with Crippen molar-refractivity contribution in [2.24, 2.45) is 0 Å². The number of aromatic nitrogens is 3. The van der Waals surface area contributed by atoms with Gasteiger partial charge in [0.2, 0.25) is 5.95 Å². The number of hydrogen-bond acceptors (Lipinski definition) is 11. The van der Waals surface area contributed by atoms with Crippen LogP contribution in [-0.4, -0.2) is 88.8 Å². The van der Waals surface area contributed by atoms with E-state index in [0.717, 1.165) is 68.5 Å². The number of carbonyl (C=O) groups is 1. The minimum Gasteiger partial charge on any atom is -0.444 e. The average molecular weight is 677 g/mol. The molecule has 0 radical (unpaired) electrons. The largest absolute Gasteiger partial charge is 0.444 e. The van der Waals surface area contributed by atoms with Gasteiger partial charge in [-0.25, -0.2) is 23.5 Å². The van der Waals surface area contributed by atoms with Crippen molar-refractivity contribution < 1.29 is 23.0 Å². The number of rotatable bonds is 5. The van der Waals surface area contributed by atoms with Crippen LogP contribution < -0.4 is 10.2 Å². The Bertz CT molecular complexity index is 1960. The van der Waals surface area contributed by atoms with E-state index >= 15 is 8.78 Å². The van der Waals surface area contributed by atoms with Crippen LogP contribution in [0.3, 0.4) is 0 Å². The molecular formula is C34H38F2N8O3S. The van der Waals surface area contributed by atoms with Gasteiger partial charge in [0.15, 0.2) is 11.6 Å². The van der Waals surface area contributed by atoms with E-state index < -0.39 is 23.3 Å². The second-order valence-corrected chi connectivity index (χ2v) is 14.9. The number of likely N-dealkylation sites (tertiary alicyclic amines) is 1. The number of nitriles is 1. The summed E-state index contributed by atoms with van der Waals surface area (Å²) in [6.07, 6.45) is 5.13. The van der Waals surface area contributed by atoms with Crippen LogP contribution in [0.5, 0.6) is 0 Å². The van der Waals surface area contributed by atoms with Crippen molar-refractivity contribution in [3.8, 4) is 17.3 Å². The Labute approximate surface area is 281 Å². The fraction of sp³-hybridized carbons (Fsp3) is 0.500. The van der Waals surface area contributed by atoms with Crippen molar-refractivity contribution >= 4 is 49.4 Å². The standard InChI is InChI=1S/C34H38F2N8O3S/c1-34(2,3)47-33(45)41-31-20(12-37)26-29(38-14-24(35)30(26)48-31)25-23-17-46-16-22(23)21-13-39-32(40-28(21)27(25)36)44-11-8-19(15-44)43-9-6-18(7-10-43)42(4)5/h13-14,18-19H,6-11,15-17H2,1-5H3,(H,41,45)/t19-/m1/s1. The van der Waals surface area contributed by atoms with Gasteiger partial charge in [0.05, 0.1) is 35.4 Å². The van der Waals surface area contributed by atoms with Crippen molar-refractivity contribution in [1.29, 1.82) is 5.26 Å². The highest BCUT2D eigenvalue weighted by atomic mass is 32.1. The monoisotopic (exact) mass is 676 g/mol. The molecule has 3 aliphatic heterocycles. The SMILES string of the molecule is CN(C)C1CCN([C@@H]2CCN(c3ncc4c5c(c(-c6ncc(F)c7sc(NC(=O)OC(C)(C)C)c(C#N)c67)c(F)c4n3)COC5)C2)CC1. The lowest BCUT2D eigenvalue weighted by molar-refractivity contribution is 0.0636. The summed E-state index contributed by atoms with van der Waals surface area (Å²) >= 11 is 0.872. The van der Waals surface area contributed by atoms with Crippen LogP contribution >= 0.6 is 11.3 Å². The van der Waals surface area contributed by atoms with E-state index in [9.17, 15) is 10.1 Å². The molecule has 0 bridgehead atoms. The third kappa shape index (κ3) is 5.83. The van der Waals surface area contributed by atoms with E-state index in [-0.39, 0.29) is 50.6 Å². The Hall–Kier alpha value is -4.03. The summed E-state index contributed by atoms with van der Waals surface area (Å²) in [5.74, 6) is -0.886. The lowest BCUT2D eigenvalue weighted by Crippen LogP contribution is -2.47. The Morgan fingerprint density at radius 3 is 2.58 bits per heavy atom. The van der Waals surface area contributed by atoms with E-state index in [1.54, 1.807) is 27.0 Å². The van der Waals surface area contributed by atoms with Gasteiger partial charge in [-0.1, -0.05) is 0 Å². The lowest BCUT2D eigenvalue weighted by Gasteiger charge is -2.38. The first-order valence-corrected chi connectivity index (χ1v) is 17.0. The molecule has 48 heavy (non-hydrogen) atoms. The van der Waals surface area contributed by atoms with Gasteiger partial charge in [0, 0.05) is 47.7 Å². The van der Waals surface area contributed by atoms with Crippen LogP contribution in [0.2, 0.25) is 0 Å². The Balaban J connectivity index is 1.27. The number of anilines is 2. The molecule has 14 heteroatoms. The van der Waals surface area contributed by atoms with Gasteiger partial charge >= 0.3 is 6.09 Å². The van der Waals surface area contributed by atoms with Gasteiger partial charge < -0.3 is 19.3 Å². The maximum atomic E-state index is 16.9. The molecule has 1 amide bonds. The molecule has 2 saturated heterocycles. The van der Waals surface area contributed by atoms with E-state index in [0.29, 0.717) is 29.0 Å². The van der Waals surface area contributed by atoms with Gasteiger partial charge in [-0.3, -0.25) is 15.2 Å². The number of amides is 1. The molecule has 1 atom stereocenters. The summed E-state index contributed by atoms with van der Waals surface area (Å²) in [7, 11) is 4.28. The number of pyridine rings is 1. The highest BCUT2D eigenvalue weighted by Crippen LogP contribution is 2.46. The molecule has 3 aliphatic rings. The summed E-state index contributed by atoms with van der Waals surface area (Å²) in [5, 5.41) is 13.5. The van der Waals surface area contributed by atoms with E-state index in [2.05, 4.69) is 50.1 Å². The average Bonchev–Trinajstić information content (AvgIpc) is 3.80. The molecule has 4 aromatic rings. The number of hydrogen-bond donors (Lipinski definition) is 1. The molecule has 0 aliphatic carbocycles. The second-order valence-electron chi connectivity index (χ2n) is 13.9. The van der Waals surface area contributed by atoms with Crippen LogP contribution in [0.1, 0.15) is 56.7 Å². The molecular weight excluding hydrogens is 638 g/mol. The topological polar surface area (TPSA) is 120 Å². The number of nitrogens with one attached hydrogen (secondary N) is 1. The van der Waals surface area contributed by atoms with Crippen LogP contribution in [0.25, 0.3) is 32.2 Å². The van der Waals surface area contributed by atoms with Gasteiger partial charge in [-0.05, 0) is 78.3 Å². The molecule has 6 heterocycles. The van der Waals surface area contributed by atoms with Gasteiger partial charge in [-0.15, -0.1) is 11.3 Å². The van der Waals surface area contributed by atoms with Gasteiger partial charge in [0.25, 0.3) is 0 Å². The third-order valence-electron chi connectivity index (χ3n) is 9.51. The second kappa shape index (κ2) is 12.5. The smallest absolute Gasteiger partial charge is 0.412 e. The minimum absolute atomic E-state index is 0.0314. The molecule has 2 fully saturated rings. The highest BCUT2D eigenvalue weighted by Gasteiger charge is 2.34. The molecule has 1 N–H and O–H groups in total. The summed E-state index contributed by atoms with van der Waals surface area (Å²) in [6, 6.07) is 3.06. The maximum Gasteiger partial charge on any atom is 0.412 e. The molecule has 7 rings (SSSR count). The summed E-state index contributed by atoms with van der Waals surface area (Å²) < 4.78 is 43.4. The van der Waals surface area contributed by atoms with Crippen LogP contribution in [0.4, 0.5) is 24.5 Å². The molecule has 0 saturated carbocycles. The zero-order chi connectivity index (χ0) is 33.9. The van der Waals surface area contributed by atoms with E-state index in [4.69, 9.17) is 14.5 Å². The van der Waals surface area contributed by atoms with Crippen molar-refractivity contribution in [3.63, 3.8) is 0 Å². The lowest BCUT2D eigenvalue weighted by atomic mass is 9.94. The molecule has 3 aromatic heterocycles. The molecule has 1 aromatic carbocycles. The Morgan fingerprint density at radius 2 is 1.88 bits per heavy atom. The number of ether oxygens (including phenoxy) is 2. The van der Waals surface area contributed by atoms with Crippen molar-refractivity contribution in [1.82, 2.24) is 24.8 Å². The number of benzene rings is 1. The highest BCUT2D eigenvalue weighted by molar-refractivity contribution is 7.23. The fourth-order valence-corrected chi connectivity index (χ4v) is 8.18. The molecule has 0 unspecified atom stereocenters. The van der Waals surface area contributed by atoms with Crippen molar-refractivity contribution in [2.75, 3.05) is 50.5 Å². The Morgan fingerprint density at radius 1 is 1.12 bits per heavy atom. The van der Waals surface area contributed by atoms with Crippen LogP contribution in [0, 0.1) is 23.0 Å².